The summed E-state index contributed by atoms with van der Waals surface area (Å²) in [7, 11) is 1.30. The third-order valence-electron chi connectivity index (χ3n) is 6.93. The van der Waals surface area contributed by atoms with E-state index < -0.39 is 29.6 Å². The van der Waals surface area contributed by atoms with Gasteiger partial charge in [0.05, 0.1) is 35.7 Å². The SMILES string of the molecule is COC(=O)c1ccccc1NC(=O)c1ccccc1N=C([C@H](Cc1ccccc1)NC(=O)OC(C)(C)C)N1CCCCC1. The van der Waals surface area contributed by atoms with Gasteiger partial charge >= 0.3 is 12.1 Å². The molecule has 1 saturated heterocycles. The Morgan fingerprint density at radius 2 is 1.49 bits per heavy atom. The third kappa shape index (κ3) is 8.91. The van der Waals surface area contributed by atoms with Crippen LogP contribution in [0.3, 0.4) is 0 Å². The molecule has 0 bridgehead atoms. The number of hydrogen-bond acceptors (Lipinski definition) is 6. The van der Waals surface area contributed by atoms with E-state index in [1.54, 1.807) is 42.5 Å². The number of amides is 2. The van der Waals surface area contributed by atoms with Crippen molar-refractivity contribution in [2.75, 3.05) is 25.5 Å². The lowest BCUT2D eigenvalue weighted by atomic mass is 10.0. The highest BCUT2D eigenvalue weighted by Gasteiger charge is 2.28. The van der Waals surface area contributed by atoms with E-state index in [0.717, 1.165) is 37.9 Å². The van der Waals surface area contributed by atoms with Crippen LogP contribution in [0, 0.1) is 0 Å². The maximum absolute atomic E-state index is 13.6. The molecular formula is C34H40N4O5. The van der Waals surface area contributed by atoms with E-state index in [0.29, 0.717) is 29.2 Å². The first-order valence-corrected chi connectivity index (χ1v) is 14.6. The van der Waals surface area contributed by atoms with Gasteiger partial charge in [0.2, 0.25) is 0 Å². The van der Waals surface area contributed by atoms with Gasteiger partial charge < -0.3 is 25.0 Å². The number of esters is 1. The second kappa shape index (κ2) is 14.5. The number of rotatable bonds is 8. The van der Waals surface area contributed by atoms with Gasteiger partial charge in [-0.3, -0.25) is 4.79 Å². The smallest absolute Gasteiger partial charge is 0.408 e. The first-order valence-electron chi connectivity index (χ1n) is 14.6. The Morgan fingerprint density at radius 3 is 2.16 bits per heavy atom. The molecule has 2 N–H and O–H groups in total. The molecule has 9 nitrogen and oxygen atoms in total. The van der Waals surface area contributed by atoms with Gasteiger partial charge in [-0.05, 0) is 69.9 Å². The number of piperidine rings is 1. The summed E-state index contributed by atoms with van der Waals surface area (Å²) in [4.78, 5) is 46.3. The lowest BCUT2D eigenvalue weighted by molar-refractivity contribution is 0.0514. The molecule has 3 aromatic rings. The number of likely N-dealkylation sites (tertiary alicyclic amines) is 1. The molecule has 4 rings (SSSR count). The summed E-state index contributed by atoms with van der Waals surface area (Å²) < 4.78 is 10.5. The Kier molecular flexibility index (Phi) is 10.5. The van der Waals surface area contributed by atoms with Crippen LogP contribution >= 0.6 is 0 Å². The molecule has 3 aromatic carbocycles. The van der Waals surface area contributed by atoms with Crippen molar-refractivity contribution in [3.8, 4) is 0 Å². The zero-order chi connectivity index (χ0) is 30.8. The predicted octanol–water partition coefficient (Wildman–Crippen LogP) is 6.38. The molecular weight excluding hydrogens is 544 g/mol. The maximum Gasteiger partial charge on any atom is 0.408 e. The standard InChI is InChI=1S/C34H40N4O5/c1-34(2,3)43-33(41)37-29(23-24-15-7-5-8-16-24)30(38-21-13-6-14-22-38)35-27-19-11-9-17-25(27)31(39)36-28-20-12-10-18-26(28)32(40)42-4/h5,7-12,15-20,29H,6,13-14,21-23H2,1-4H3,(H,36,39)(H,37,41)/t29-/m0/s1. The molecule has 1 aliphatic heterocycles. The van der Waals surface area contributed by atoms with Gasteiger partial charge in [0.25, 0.3) is 5.91 Å². The number of benzene rings is 3. The molecule has 1 fully saturated rings. The normalized spacial score (nSPS) is 14.4. The number of amidine groups is 1. The Labute approximate surface area is 253 Å². The quantitative estimate of drug-likeness (QED) is 0.181. The van der Waals surface area contributed by atoms with Gasteiger partial charge in [-0.2, -0.15) is 0 Å². The Morgan fingerprint density at radius 1 is 0.860 bits per heavy atom. The number of carbonyl (C=O) groups excluding carboxylic acids is 3. The fourth-order valence-electron chi connectivity index (χ4n) is 4.95. The van der Waals surface area contributed by atoms with Crippen molar-refractivity contribution >= 4 is 35.2 Å². The third-order valence-corrected chi connectivity index (χ3v) is 6.93. The molecule has 0 saturated carbocycles. The van der Waals surface area contributed by atoms with Gasteiger partial charge in [-0.1, -0.05) is 54.6 Å². The number of ether oxygens (including phenoxy) is 2. The van der Waals surface area contributed by atoms with Crippen molar-refractivity contribution < 1.29 is 23.9 Å². The molecule has 43 heavy (non-hydrogen) atoms. The summed E-state index contributed by atoms with van der Waals surface area (Å²) in [6, 6.07) is 23.1. The van der Waals surface area contributed by atoms with Crippen LogP contribution in [0.2, 0.25) is 0 Å². The van der Waals surface area contributed by atoms with Gasteiger partial charge in [0, 0.05) is 19.5 Å². The molecule has 0 aliphatic carbocycles. The molecule has 0 unspecified atom stereocenters. The number of anilines is 1. The van der Waals surface area contributed by atoms with Crippen molar-refractivity contribution in [2.24, 2.45) is 4.99 Å². The maximum atomic E-state index is 13.6. The molecule has 1 aliphatic rings. The fourth-order valence-corrected chi connectivity index (χ4v) is 4.95. The number of alkyl carbamates (subject to hydrolysis) is 1. The summed E-state index contributed by atoms with van der Waals surface area (Å²) in [5.41, 5.74) is 1.71. The number of aliphatic imine (C=N–C) groups is 1. The molecule has 0 aromatic heterocycles. The summed E-state index contributed by atoms with van der Waals surface area (Å²) in [5.74, 6) is -0.315. The summed E-state index contributed by atoms with van der Waals surface area (Å²) in [6.07, 6.45) is 3.05. The number of para-hydroxylation sites is 2. The minimum atomic E-state index is -0.672. The number of nitrogens with one attached hydrogen (secondary N) is 2. The second-order valence-corrected chi connectivity index (χ2v) is 11.4. The lowest BCUT2D eigenvalue weighted by Gasteiger charge is -2.35. The summed E-state index contributed by atoms with van der Waals surface area (Å²) >= 11 is 0. The van der Waals surface area contributed by atoms with Crippen molar-refractivity contribution in [1.29, 1.82) is 0 Å². The molecule has 2 amide bonds. The first kappa shape index (κ1) is 31.3. The van der Waals surface area contributed by atoms with E-state index in [2.05, 4.69) is 15.5 Å². The monoisotopic (exact) mass is 584 g/mol. The summed E-state index contributed by atoms with van der Waals surface area (Å²) in [5, 5.41) is 5.92. The Hall–Kier alpha value is -4.66. The van der Waals surface area contributed by atoms with Crippen LogP contribution in [0.25, 0.3) is 0 Å². The van der Waals surface area contributed by atoms with E-state index in [1.807, 2.05) is 57.2 Å². The van der Waals surface area contributed by atoms with Crippen LogP contribution in [0.15, 0.2) is 83.9 Å². The van der Waals surface area contributed by atoms with Gasteiger partial charge in [-0.15, -0.1) is 0 Å². The minimum Gasteiger partial charge on any atom is -0.465 e. The lowest BCUT2D eigenvalue weighted by Crippen LogP contribution is -2.52. The van der Waals surface area contributed by atoms with Crippen molar-refractivity contribution in [3.05, 3.63) is 95.6 Å². The van der Waals surface area contributed by atoms with Crippen LogP contribution in [-0.2, 0) is 15.9 Å². The van der Waals surface area contributed by atoms with Crippen molar-refractivity contribution in [3.63, 3.8) is 0 Å². The zero-order valence-corrected chi connectivity index (χ0v) is 25.3. The highest BCUT2D eigenvalue weighted by atomic mass is 16.6. The molecule has 0 spiro atoms. The average molecular weight is 585 g/mol. The van der Waals surface area contributed by atoms with E-state index in [-0.39, 0.29) is 5.56 Å². The van der Waals surface area contributed by atoms with E-state index in [1.165, 1.54) is 7.11 Å². The number of carbonyl (C=O) groups is 3. The van der Waals surface area contributed by atoms with E-state index in [4.69, 9.17) is 14.5 Å². The van der Waals surface area contributed by atoms with Crippen LogP contribution in [0.1, 0.15) is 66.3 Å². The Bertz CT molecular complexity index is 1440. The highest BCUT2D eigenvalue weighted by molar-refractivity contribution is 6.11. The van der Waals surface area contributed by atoms with E-state index >= 15 is 0 Å². The van der Waals surface area contributed by atoms with Gasteiger partial charge in [-0.25, -0.2) is 14.6 Å². The molecule has 9 heteroatoms. The Balaban J connectivity index is 1.74. The van der Waals surface area contributed by atoms with Crippen LogP contribution < -0.4 is 10.6 Å². The van der Waals surface area contributed by atoms with E-state index in [9.17, 15) is 14.4 Å². The second-order valence-electron chi connectivity index (χ2n) is 11.4. The highest BCUT2D eigenvalue weighted by Crippen LogP contribution is 2.25. The first-order chi connectivity index (χ1) is 20.6. The van der Waals surface area contributed by atoms with Crippen LogP contribution in [0.4, 0.5) is 16.2 Å². The fraction of sp³-hybridized carbons (Fsp3) is 0.353. The number of hydrogen-bond donors (Lipinski definition) is 2. The van der Waals surface area contributed by atoms with Crippen molar-refractivity contribution in [2.45, 2.75) is 58.1 Å². The zero-order valence-electron chi connectivity index (χ0n) is 25.3. The largest absolute Gasteiger partial charge is 0.465 e. The van der Waals surface area contributed by atoms with Gasteiger partial charge in [0.1, 0.15) is 11.4 Å². The number of methoxy groups -OCH3 is 1. The minimum absolute atomic E-state index is 0.248. The molecule has 1 heterocycles. The summed E-state index contributed by atoms with van der Waals surface area (Å²) in [6.45, 7) is 7.03. The average Bonchev–Trinajstić information content (AvgIpc) is 2.99. The van der Waals surface area contributed by atoms with Crippen LogP contribution in [-0.4, -0.2) is 60.5 Å². The molecule has 0 radical (unpaired) electrons. The molecule has 1 atom stereocenters. The van der Waals surface area contributed by atoms with Crippen LogP contribution in [0.5, 0.6) is 0 Å². The predicted molar refractivity (Wildman–Crippen MR) is 168 cm³/mol. The van der Waals surface area contributed by atoms with Crippen molar-refractivity contribution in [1.82, 2.24) is 10.2 Å². The van der Waals surface area contributed by atoms with Gasteiger partial charge in [0.15, 0.2) is 0 Å². The number of nitrogens with zero attached hydrogens (tertiary/aromatic N) is 2. The topological polar surface area (TPSA) is 109 Å². The molecule has 226 valence electrons.